The maximum Gasteiger partial charge on any atom is 0.327 e. The number of thiol groups is 1. The Hall–Kier alpha value is -1.15. The lowest BCUT2D eigenvalue weighted by molar-refractivity contribution is -0.141. The second-order valence-corrected chi connectivity index (χ2v) is 8.87. The number of thioether (sulfide) groups is 2. The third-order valence-electron chi connectivity index (χ3n) is 4.11. The van der Waals surface area contributed by atoms with Gasteiger partial charge in [0.25, 0.3) is 0 Å². The molecule has 0 rings (SSSR count). The number of aliphatic hydroxyl groups excluding tert-OH is 1. The number of carboxylic acids is 1. The van der Waals surface area contributed by atoms with Gasteiger partial charge in [-0.3, -0.25) is 14.4 Å². The predicted molar refractivity (Wildman–Crippen MR) is 123 cm³/mol. The molecule has 0 aliphatic carbocycles. The van der Waals surface area contributed by atoms with Gasteiger partial charge in [0.05, 0.1) is 6.10 Å². The monoisotopic (exact) mass is 484 g/mol. The number of amides is 3. The van der Waals surface area contributed by atoms with E-state index in [0.717, 1.165) is 0 Å². The van der Waals surface area contributed by atoms with Crippen LogP contribution in [0.25, 0.3) is 0 Å². The Kier molecular flexibility index (Phi) is 15.0. The number of hydrogen-bond donors (Lipinski definition) is 7. The van der Waals surface area contributed by atoms with Crippen molar-refractivity contribution >= 4 is 59.8 Å². The first-order valence-corrected chi connectivity index (χ1v) is 12.7. The van der Waals surface area contributed by atoms with Crippen molar-refractivity contribution in [2.75, 3.05) is 29.8 Å². The Morgan fingerprint density at radius 2 is 1.30 bits per heavy atom. The molecule has 7 N–H and O–H groups in total. The molecule has 13 heteroatoms. The second-order valence-electron chi connectivity index (χ2n) is 6.53. The molecule has 10 nitrogen and oxygen atoms in total. The topological polar surface area (TPSA) is 171 Å². The quantitative estimate of drug-likeness (QED) is 0.139. The lowest BCUT2D eigenvalue weighted by atomic mass is 10.1. The van der Waals surface area contributed by atoms with E-state index in [4.69, 9.17) is 10.8 Å². The molecule has 0 aromatic heterocycles. The van der Waals surface area contributed by atoms with Crippen LogP contribution in [0, 0.1) is 0 Å². The number of aliphatic hydroxyl groups is 1. The second kappa shape index (κ2) is 15.6. The minimum atomic E-state index is -1.23. The summed E-state index contributed by atoms with van der Waals surface area (Å²) in [5.74, 6) is -2.14. The zero-order valence-electron chi connectivity index (χ0n) is 17.3. The average molecular weight is 485 g/mol. The lowest BCUT2D eigenvalue weighted by Gasteiger charge is -2.25. The minimum absolute atomic E-state index is 0.103. The van der Waals surface area contributed by atoms with Gasteiger partial charge in [0.1, 0.15) is 24.2 Å². The molecule has 0 aromatic carbocycles. The predicted octanol–water partition coefficient (Wildman–Crippen LogP) is -1.33. The molecule has 0 saturated carbocycles. The Morgan fingerprint density at radius 3 is 1.63 bits per heavy atom. The maximum absolute atomic E-state index is 12.8. The highest BCUT2D eigenvalue weighted by molar-refractivity contribution is 7.98. The maximum atomic E-state index is 12.8. The van der Waals surface area contributed by atoms with Crippen LogP contribution < -0.4 is 21.7 Å². The van der Waals surface area contributed by atoms with Crippen molar-refractivity contribution in [1.82, 2.24) is 16.0 Å². The van der Waals surface area contributed by atoms with Crippen LogP contribution in [0.4, 0.5) is 0 Å². The van der Waals surface area contributed by atoms with E-state index >= 15 is 0 Å². The number of carbonyl (C=O) groups is 4. The molecule has 5 unspecified atom stereocenters. The Morgan fingerprint density at radius 1 is 0.900 bits per heavy atom. The van der Waals surface area contributed by atoms with Gasteiger partial charge in [0, 0.05) is 5.75 Å². The number of nitrogens with two attached hydrogens (primary N) is 1. The standard InChI is InChI=1S/C17H32N4O6S3/c1-9(22)13(18)16(25)20-11(5-7-30-3)14(23)19-10(4-6-29-2)15(24)21-12(8-28)17(26)27/h9-13,22,28H,4-8,18H2,1-3H3,(H,19,23)(H,20,25)(H,21,24)(H,26,27). The molecule has 3 amide bonds. The van der Waals surface area contributed by atoms with Gasteiger partial charge in [-0.05, 0) is 43.8 Å². The van der Waals surface area contributed by atoms with Gasteiger partial charge >= 0.3 is 5.97 Å². The van der Waals surface area contributed by atoms with Gasteiger partial charge in [-0.2, -0.15) is 36.2 Å². The first-order valence-electron chi connectivity index (χ1n) is 9.25. The van der Waals surface area contributed by atoms with E-state index in [1.54, 1.807) is 0 Å². The molecule has 0 aromatic rings. The van der Waals surface area contributed by atoms with E-state index in [0.29, 0.717) is 11.5 Å². The lowest BCUT2D eigenvalue weighted by Crippen LogP contribution is -2.58. The first-order chi connectivity index (χ1) is 14.1. The van der Waals surface area contributed by atoms with Crippen LogP contribution >= 0.6 is 36.2 Å². The van der Waals surface area contributed by atoms with E-state index in [1.165, 1.54) is 30.4 Å². The van der Waals surface area contributed by atoms with Gasteiger partial charge < -0.3 is 31.9 Å². The molecule has 30 heavy (non-hydrogen) atoms. The largest absolute Gasteiger partial charge is 0.480 e. The van der Waals surface area contributed by atoms with Gasteiger partial charge in [-0.1, -0.05) is 0 Å². The van der Waals surface area contributed by atoms with Crippen molar-refractivity contribution in [2.24, 2.45) is 5.73 Å². The van der Waals surface area contributed by atoms with Crippen LogP contribution in [0.3, 0.4) is 0 Å². The summed E-state index contributed by atoms with van der Waals surface area (Å²) >= 11 is 6.85. The fourth-order valence-corrected chi connectivity index (χ4v) is 3.42. The van der Waals surface area contributed by atoms with E-state index in [9.17, 15) is 24.3 Å². The van der Waals surface area contributed by atoms with Gasteiger partial charge in [0.2, 0.25) is 17.7 Å². The Balaban J connectivity index is 5.32. The normalized spacial score (nSPS) is 15.9. The van der Waals surface area contributed by atoms with Gasteiger partial charge in [-0.25, -0.2) is 4.79 Å². The summed E-state index contributed by atoms with van der Waals surface area (Å²) in [4.78, 5) is 48.7. The third kappa shape index (κ3) is 10.8. The van der Waals surface area contributed by atoms with Crippen molar-refractivity contribution in [3.63, 3.8) is 0 Å². The molecular formula is C17H32N4O6S3. The van der Waals surface area contributed by atoms with Crippen molar-refractivity contribution in [2.45, 2.75) is 50.0 Å². The number of carboxylic acid groups (broad SMARTS) is 1. The Labute approximate surface area is 190 Å². The zero-order chi connectivity index (χ0) is 23.3. The number of carbonyl (C=O) groups excluding carboxylic acids is 3. The summed E-state index contributed by atoms with van der Waals surface area (Å²) in [7, 11) is 0. The zero-order valence-corrected chi connectivity index (χ0v) is 19.8. The number of nitrogens with one attached hydrogen (secondary N) is 3. The molecule has 0 spiro atoms. The molecule has 0 heterocycles. The van der Waals surface area contributed by atoms with E-state index in [2.05, 4.69) is 28.6 Å². The van der Waals surface area contributed by atoms with Crippen molar-refractivity contribution < 1.29 is 29.4 Å². The van der Waals surface area contributed by atoms with Crippen LogP contribution in [0.5, 0.6) is 0 Å². The highest BCUT2D eigenvalue weighted by Crippen LogP contribution is 2.06. The molecule has 5 atom stereocenters. The van der Waals surface area contributed by atoms with Crippen LogP contribution in [0.1, 0.15) is 19.8 Å². The van der Waals surface area contributed by atoms with Gasteiger partial charge in [0.15, 0.2) is 0 Å². The minimum Gasteiger partial charge on any atom is -0.480 e. The highest BCUT2D eigenvalue weighted by Gasteiger charge is 2.30. The number of aliphatic carboxylic acids is 1. The van der Waals surface area contributed by atoms with E-state index < -0.39 is 54.0 Å². The molecule has 0 saturated heterocycles. The molecule has 174 valence electrons. The molecule has 0 radical (unpaired) electrons. The van der Waals surface area contributed by atoms with Crippen LogP contribution in [-0.4, -0.2) is 93.9 Å². The summed E-state index contributed by atoms with van der Waals surface area (Å²) in [5.41, 5.74) is 5.62. The van der Waals surface area contributed by atoms with E-state index in [-0.39, 0.29) is 18.6 Å². The SMILES string of the molecule is CSCCC(NC(=O)C(CCSC)NC(=O)C(N)C(C)O)C(=O)NC(CS)C(=O)O. The van der Waals surface area contributed by atoms with E-state index in [1.807, 2.05) is 12.5 Å². The molecule has 0 fully saturated rings. The molecule has 0 aliphatic heterocycles. The smallest absolute Gasteiger partial charge is 0.327 e. The molecule has 0 bridgehead atoms. The highest BCUT2D eigenvalue weighted by atomic mass is 32.2. The summed E-state index contributed by atoms with van der Waals surface area (Å²) in [6.45, 7) is 1.37. The summed E-state index contributed by atoms with van der Waals surface area (Å²) in [5, 5.41) is 26.0. The third-order valence-corrected chi connectivity index (χ3v) is 5.76. The van der Waals surface area contributed by atoms with Crippen molar-refractivity contribution in [1.29, 1.82) is 0 Å². The first kappa shape index (κ1) is 28.9. The van der Waals surface area contributed by atoms with Crippen molar-refractivity contribution in [3.8, 4) is 0 Å². The van der Waals surface area contributed by atoms with Crippen molar-refractivity contribution in [3.05, 3.63) is 0 Å². The molecule has 0 aliphatic rings. The average Bonchev–Trinajstić information content (AvgIpc) is 2.70. The van der Waals surface area contributed by atoms with Crippen LogP contribution in [0.15, 0.2) is 0 Å². The van der Waals surface area contributed by atoms with Gasteiger partial charge in [-0.15, -0.1) is 0 Å². The summed E-state index contributed by atoms with van der Waals surface area (Å²) in [6.07, 6.45) is 3.15. The summed E-state index contributed by atoms with van der Waals surface area (Å²) in [6, 6.07) is -4.33. The summed E-state index contributed by atoms with van der Waals surface area (Å²) < 4.78 is 0. The number of rotatable bonds is 15. The molecular weight excluding hydrogens is 452 g/mol. The number of hydrogen-bond acceptors (Lipinski definition) is 9. The fraction of sp³-hybridized carbons (Fsp3) is 0.765. The Bertz CT molecular complexity index is 582. The van der Waals surface area contributed by atoms with Crippen LogP contribution in [-0.2, 0) is 19.2 Å². The van der Waals surface area contributed by atoms with Crippen LogP contribution in [0.2, 0.25) is 0 Å². The fourth-order valence-electron chi connectivity index (χ4n) is 2.23.